The number of hydrogen-bond donors (Lipinski definition) is 1. The van der Waals surface area contributed by atoms with Gasteiger partial charge in [0.15, 0.2) is 0 Å². The molecule has 0 fully saturated rings. The molecule has 6 nitrogen and oxygen atoms in total. The van der Waals surface area contributed by atoms with Gasteiger partial charge in [0.05, 0.1) is 16.4 Å². The molecule has 0 aliphatic heterocycles. The summed E-state index contributed by atoms with van der Waals surface area (Å²) in [5.74, 6) is -2.31. The Morgan fingerprint density at radius 1 is 1.67 bits per heavy atom. The van der Waals surface area contributed by atoms with E-state index >= 15 is 0 Å². The molecular formula is C10H9ClFNO5. The summed E-state index contributed by atoms with van der Waals surface area (Å²) in [5, 5.41) is 18.8. The van der Waals surface area contributed by atoms with Gasteiger partial charge in [0.25, 0.3) is 0 Å². The number of rotatable bonds is 5. The first-order valence-corrected chi connectivity index (χ1v) is 5.21. The van der Waals surface area contributed by atoms with Crippen LogP contribution in [0.1, 0.15) is 13.3 Å². The highest BCUT2D eigenvalue weighted by Gasteiger charge is 2.20. The first-order chi connectivity index (χ1) is 8.31. The summed E-state index contributed by atoms with van der Waals surface area (Å²) >= 11 is 5.68. The van der Waals surface area contributed by atoms with E-state index in [0.717, 1.165) is 12.1 Å². The summed E-state index contributed by atoms with van der Waals surface area (Å²) < 4.78 is 18.4. The van der Waals surface area contributed by atoms with Crippen molar-refractivity contribution in [3.8, 4) is 5.75 Å². The Morgan fingerprint density at radius 2 is 2.28 bits per heavy atom. The summed E-state index contributed by atoms with van der Waals surface area (Å²) in [5.41, 5.74) is -0.766. The number of nitro benzene ring substituents is 1. The second-order valence-corrected chi connectivity index (χ2v) is 3.92. The molecule has 0 bridgehead atoms. The van der Waals surface area contributed by atoms with Crippen molar-refractivity contribution in [3.63, 3.8) is 0 Å². The van der Waals surface area contributed by atoms with Gasteiger partial charge in [-0.2, -0.15) is 4.39 Å². The Hall–Kier alpha value is -1.89. The van der Waals surface area contributed by atoms with E-state index in [-0.39, 0.29) is 17.2 Å². The Morgan fingerprint density at radius 3 is 2.78 bits per heavy atom. The molecule has 98 valence electrons. The highest BCUT2D eigenvalue weighted by molar-refractivity contribution is 6.32. The van der Waals surface area contributed by atoms with Gasteiger partial charge < -0.3 is 9.84 Å². The maximum Gasteiger partial charge on any atom is 0.307 e. The van der Waals surface area contributed by atoms with Gasteiger partial charge in [-0.25, -0.2) is 0 Å². The van der Waals surface area contributed by atoms with Gasteiger partial charge in [0, 0.05) is 12.1 Å². The van der Waals surface area contributed by atoms with Gasteiger partial charge in [-0.3, -0.25) is 14.9 Å². The summed E-state index contributed by atoms with van der Waals surface area (Å²) in [6.45, 7) is 1.46. The summed E-state index contributed by atoms with van der Waals surface area (Å²) in [6, 6.07) is 1.58. The minimum atomic E-state index is -1.10. The lowest BCUT2D eigenvalue weighted by molar-refractivity contribution is -0.387. The molecule has 1 atom stereocenters. The molecule has 0 radical (unpaired) electrons. The third-order valence-electron chi connectivity index (χ3n) is 1.99. The molecular weight excluding hydrogens is 269 g/mol. The van der Waals surface area contributed by atoms with E-state index in [4.69, 9.17) is 21.4 Å². The minimum Gasteiger partial charge on any atom is -0.488 e. The number of ether oxygens (including phenoxy) is 1. The fourth-order valence-corrected chi connectivity index (χ4v) is 1.46. The molecule has 0 saturated carbocycles. The van der Waals surface area contributed by atoms with Crippen LogP contribution in [0.25, 0.3) is 0 Å². The monoisotopic (exact) mass is 277 g/mol. The second kappa shape index (κ2) is 5.63. The maximum atomic E-state index is 13.3. The number of carboxylic acid groups (broad SMARTS) is 1. The molecule has 1 N–H and O–H groups in total. The largest absolute Gasteiger partial charge is 0.488 e. The molecule has 1 rings (SSSR count). The second-order valence-electron chi connectivity index (χ2n) is 3.52. The maximum absolute atomic E-state index is 13.3. The lowest BCUT2D eigenvalue weighted by Gasteiger charge is -2.13. The Bertz CT molecular complexity index is 493. The predicted molar refractivity (Wildman–Crippen MR) is 60.4 cm³/mol. The quantitative estimate of drug-likeness (QED) is 0.660. The van der Waals surface area contributed by atoms with Crippen LogP contribution < -0.4 is 4.74 Å². The molecule has 18 heavy (non-hydrogen) atoms. The number of benzene rings is 1. The molecule has 0 saturated heterocycles. The van der Waals surface area contributed by atoms with E-state index in [1.54, 1.807) is 0 Å². The van der Waals surface area contributed by atoms with Gasteiger partial charge >= 0.3 is 11.7 Å². The lowest BCUT2D eigenvalue weighted by atomic mass is 10.2. The third-order valence-corrected chi connectivity index (χ3v) is 2.28. The Kier molecular flexibility index (Phi) is 4.43. The molecule has 0 spiro atoms. The van der Waals surface area contributed by atoms with E-state index in [9.17, 15) is 19.3 Å². The van der Waals surface area contributed by atoms with Crippen LogP contribution in [0.3, 0.4) is 0 Å². The predicted octanol–water partition coefficient (Wildman–Crippen LogP) is 2.63. The van der Waals surface area contributed by atoms with Crippen molar-refractivity contribution in [1.29, 1.82) is 0 Å². The zero-order valence-electron chi connectivity index (χ0n) is 9.22. The molecule has 0 aromatic heterocycles. The van der Waals surface area contributed by atoms with Gasteiger partial charge in [-0.05, 0) is 6.92 Å². The highest BCUT2D eigenvalue weighted by atomic mass is 35.5. The average Bonchev–Trinajstić information content (AvgIpc) is 2.21. The van der Waals surface area contributed by atoms with Crippen molar-refractivity contribution in [1.82, 2.24) is 0 Å². The topological polar surface area (TPSA) is 89.7 Å². The van der Waals surface area contributed by atoms with Crippen LogP contribution in [0.4, 0.5) is 10.1 Å². The molecule has 0 aliphatic carbocycles. The van der Waals surface area contributed by atoms with Crippen LogP contribution in [0.5, 0.6) is 5.75 Å². The van der Waals surface area contributed by atoms with Crippen molar-refractivity contribution < 1.29 is 24.0 Å². The van der Waals surface area contributed by atoms with Crippen LogP contribution in [-0.4, -0.2) is 22.1 Å². The SMILES string of the molecule is C[C@H](CC(=O)O)Oc1cc(F)c([N+](=O)[O-])cc1Cl. The lowest BCUT2D eigenvalue weighted by Crippen LogP contribution is -2.17. The van der Waals surface area contributed by atoms with Gasteiger partial charge in [0.1, 0.15) is 11.9 Å². The zero-order valence-corrected chi connectivity index (χ0v) is 9.98. The molecule has 1 aromatic rings. The number of nitrogens with zero attached hydrogens (tertiary/aromatic N) is 1. The summed E-state index contributed by atoms with van der Waals surface area (Å²) in [4.78, 5) is 19.9. The smallest absolute Gasteiger partial charge is 0.307 e. The summed E-state index contributed by atoms with van der Waals surface area (Å²) in [6.07, 6.45) is -1.03. The van der Waals surface area contributed by atoms with Crippen LogP contribution in [-0.2, 0) is 4.79 Å². The molecule has 0 heterocycles. The molecule has 0 unspecified atom stereocenters. The van der Waals surface area contributed by atoms with Crippen LogP contribution >= 0.6 is 11.6 Å². The van der Waals surface area contributed by atoms with E-state index in [1.807, 2.05) is 0 Å². The number of halogens is 2. The third kappa shape index (κ3) is 3.56. The van der Waals surface area contributed by atoms with Crippen molar-refractivity contribution in [2.45, 2.75) is 19.4 Å². The number of carboxylic acids is 1. The molecule has 0 amide bonds. The fraction of sp³-hybridized carbons (Fsp3) is 0.300. The Labute approximate surface area is 106 Å². The first kappa shape index (κ1) is 14.2. The normalized spacial score (nSPS) is 11.9. The van der Waals surface area contributed by atoms with Crippen LogP contribution in [0, 0.1) is 15.9 Å². The molecule has 0 aliphatic rings. The summed E-state index contributed by atoms with van der Waals surface area (Å²) in [7, 11) is 0. The number of aliphatic carboxylic acids is 1. The van der Waals surface area contributed by atoms with Crippen molar-refractivity contribution >= 4 is 23.3 Å². The molecule has 1 aromatic carbocycles. The van der Waals surface area contributed by atoms with E-state index in [2.05, 4.69) is 0 Å². The van der Waals surface area contributed by atoms with E-state index in [1.165, 1.54) is 6.92 Å². The average molecular weight is 278 g/mol. The van der Waals surface area contributed by atoms with Crippen molar-refractivity contribution in [2.75, 3.05) is 0 Å². The van der Waals surface area contributed by atoms with Crippen molar-refractivity contribution in [2.24, 2.45) is 0 Å². The van der Waals surface area contributed by atoms with Gasteiger partial charge in [-0.15, -0.1) is 0 Å². The van der Waals surface area contributed by atoms with Gasteiger partial charge in [-0.1, -0.05) is 11.6 Å². The highest BCUT2D eigenvalue weighted by Crippen LogP contribution is 2.32. The number of carbonyl (C=O) groups is 1. The van der Waals surface area contributed by atoms with Crippen LogP contribution in [0.2, 0.25) is 5.02 Å². The van der Waals surface area contributed by atoms with Crippen molar-refractivity contribution in [3.05, 3.63) is 33.1 Å². The number of hydrogen-bond acceptors (Lipinski definition) is 4. The number of nitro groups is 1. The zero-order chi connectivity index (χ0) is 13.9. The minimum absolute atomic E-state index is 0.131. The van der Waals surface area contributed by atoms with E-state index < -0.39 is 28.5 Å². The van der Waals surface area contributed by atoms with Gasteiger partial charge in [0.2, 0.25) is 5.82 Å². The standard InChI is InChI=1S/C10H9ClFNO5/c1-5(2-10(14)15)18-9-4-7(12)8(13(16)17)3-6(9)11/h3-5H,2H2,1H3,(H,14,15)/t5-/m1/s1. The Balaban J connectivity index is 2.94. The fourth-order valence-electron chi connectivity index (χ4n) is 1.25. The molecule has 8 heteroatoms. The first-order valence-electron chi connectivity index (χ1n) is 4.83. The van der Waals surface area contributed by atoms with E-state index in [0.29, 0.717) is 0 Å². The van der Waals surface area contributed by atoms with Crippen LogP contribution in [0.15, 0.2) is 12.1 Å².